The lowest BCUT2D eigenvalue weighted by atomic mass is 9.96. The number of nitrogens with zero attached hydrogens (tertiary/aromatic N) is 9. The SMILES string of the molecule is [C-]#[N+]CCOP(OC1[C@@H]2OC[C@]1(CC)O[C@H]2n1cc(C#CCNC(=O)CCCCCCCCCCC)c(=O)[nH]c1=O)N(C(C)C)C(C)C.[C-]#[N+]CCOP(OC1[C@@H]2OC[C@]1(CC)O[C@H]2n1cc(C#CCNC(C)=O)c(=O)[nH]c1=O)N(C(C)C)C(C)C.[C-]#[N+]CCOP(OC1[C@@H]2OC[C@]1(CC)O[C@H]2n1cc(C#CCNC(C)=O)c(=O)[nH]c1=O)N(C(C)C)C(C)C. The van der Waals surface area contributed by atoms with Crippen molar-refractivity contribution in [3.63, 3.8) is 0 Å². The Hall–Kier alpha value is -7.71. The first-order valence-corrected chi connectivity index (χ1v) is 46.4. The van der Waals surface area contributed by atoms with Crippen LogP contribution in [0.4, 0.5) is 0 Å². The van der Waals surface area contributed by atoms with E-state index in [9.17, 15) is 43.2 Å². The van der Waals surface area contributed by atoms with E-state index in [1.807, 2.05) is 20.8 Å². The van der Waals surface area contributed by atoms with Gasteiger partial charge in [-0.25, -0.2) is 48.1 Å². The number of nitrogens with one attached hydrogen (secondary N) is 6. The maximum atomic E-state index is 13.1. The Balaban J connectivity index is 0.000000258. The monoisotopic (exact) mass is 1790 g/mol. The fourth-order valence-corrected chi connectivity index (χ4v) is 20.8. The third kappa shape index (κ3) is 27.4. The summed E-state index contributed by atoms with van der Waals surface area (Å²) in [5.41, 5.74) is -6.15. The Labute approximate surface area is 731 Å². The number of carbonyl (C=O) groups is 3. The zero-order valence-corrected chi connectivity index (χ0v) is 77.7. The molecule has 0 aromatic carbocycles. The lowest BCUT2D eigenvalue weighted by Crippen LogP contribution is -2.43. The summed E-state index contributed by atoms with van der Waals surface area (Å²) in [5.74, 6) is 15.9. The van der Waals surface area contributed by atoms with Crippen LogP contribution in [0.3, 0.4) is 0 Å². The van der Waals surface area contributed by atoms with Crippen molar-refractivity contribution in [1.29, 1.82) is 0 Å². The van der Waals surface area contributed by atoms with Gasteiger partial charge in [0.25, 0.3) is 42.3 Å². The van der Waals surface area contributed by atoms with Crippen molar-refractivity contribution in [2.45, 2.75) is 316 Å². The van der Waals surface area contributed by atoms with Crippen LogP contribution >= 0.6 is 25.6 Å². The highest BCUT2D eigenvalue weighted by Gasteiger charge is 2.66. The Bertz CT molecular complexity index is 4520. The van der Waals surface area contributed by atoms with Gasteiger partial charge in [0.1, 0.15) is 89.9 Å². The molecule has 6 aliphatic rings. The van der Waals surface area contributed by atoms with Gasteiger partial charge < -0.3 is 86.0 Å². The van der Waals surface area contributed by atoms with Crippen LogP contribution in [-0.4, -0.2) is 229 Å². The van der Waals surface area contributed by atoms with Gasteiger partial charge in [-0.3, -0.25) is 57.4 Å². The Morgan fingerprint density at radius 3 is 0.992 bits per heavy atom. The minimum atomic E-state index is -1.58. The van der Waals surface area contributed by atoms with Gasteiger partial charge in [-0.05, 0) is 109 Å². The summed E-state index contributed by atoms with van der Waals surface area (Å²) in [5, 5.41) is 7.86. The topological polar surface area (TPSA) is 385 Å². The van der Waals surface area contributed by atoms with E-state index in [0.29, 0.717) is 25.7 Å². The van der Waals surface area contributed by atoms with Crippen molar-refractivity contribution in [2.75, 3.05) is 78.9 Å². The first kappa shape index (κ1) is 103. The number of amides is 3. The number of unbranched alkanes of at least 4 members (excludes halogenated alkanes) is 8. The van der Waals surface area contributed by atoms with Crippen LogP contribution in [0.15, 0.2) is 47.4 Å². The molecule has 6 fully saturated rings. The number of hydrogen-bond acceptors (Lipinski definition) is 24. The predicted molar refractivity (Wildman–Crippen MR) is 469 cm³/mol. The van der Waals surface area contributed by atoms with Gasteiger partial charge in [0.15, 0.2) is 18.7 Å². The molecule has 3 aromatic rings. The molecule has 3 amide bonds. The molecule has 9 heterocycles. The van der Waals surface area contributed by atoms with E-state index in [2.05, 4.69) is 185 Å². The number of aromatic amines is 3. The third-order valence-corrected chi connectivity index (χ3v) is 27.7. The van der Waals surface area contributed by atoms with Crippen molar-refractivity contribution < 1.29 is 69.9 Å². The fraction of sp³-hybridized carbons (Fsp3) is 0.718. The number of ether oxygens (including phenoxy) is 6. The fourth-order valence-electron chi connectivity index (χ4n) is 15.3. The normalized spacial score (nSPS) is 23.9. The molecule has 0 saturated carbocycles. The Morgan fingerprint density at radius 2 is 0.734 bits per heavy atom. The molecular weight excluding hydrogens is 1660 g/mol. The molecule has 6 aliphatic heterocycles. The number of hydrogen-bond donors (Lipinski definition) is 6. The van der Waals surface area contributed by atoms with Crippen molar-refractivity contribution in [3.05, 3.63) is 132 Å². The van der Waals surface area contributed by atoms with Crippen LogP contribution in [-0.2, 0) is 69.9 Å². The predicted octanol–water partition coefficient (Wildman–Crippen LogP) is 9.20. The number of fused-ring (bicyclic) bond motifs is 6. The molecule has 39 heteroatoms. The van der Waals surface area contributed by atoms with E-state index < -0.39 is 131 Å². The smallest absolute Gasteiger partial charge is 0.330 e. The average Bonchev–Trinajstić information content (AvgIpc) is 1.58. The van der Waals surface area contributed by atoms with Crippen molar-refractivity contribution >= 4 is 43.3 Å². The van der Waals surface area contributed by atoms with Gasteiger partial charge in [0, 0.05) is 75.1 Å². The molecule has 9 rings (SSSR count). The van der Waals surface area contributed by atoms with E-state index in [4.69, 9.17) is 75.3 Å². The summed E-state index contributed by atoms with van der Waals surface area (Å²) in [6.45, 7) is 59.3. The second-order valence-electron chi connectivity index (χ2n) is 32.5. The van der Waals surface area contributed by atoms with E-state index in [1.165, 1.54) is 84.7 Å². The van der Waals surface area contributed by atoms with E-state index >= 15 is 0 Å². The third-order valence-electron chi connectivity index (χ3n) is 21.4. The second-order valence-corrected chi connectivity index (χ2v) is 36.7. The van der Waals surface area contributed by atoms with E-state index in [-0.39, 0.29) is 150 Å². The molecule has 0 aliphatic carbocycles. The number of aromatic nitrogens is 6. The zero-order chi connectivity index (χ0) is 91.2. The quantitative estimate of drug-likeness (QED) is 0.0133. The highest BCUT2D eigenvalue weighted by Crippen LogP contribution is 2.59. The molecule has 0 radical (unpaired) electrons. The van der Waals surface area contributed by atoms with Crippen molar-refractivity contribution in [2.24, 2.45) is 0 Å². The van der Waals surface area contributed by atoms with Crippen LogP contribution in [0, 0.1) is 55.2 Å². The summed E-state index contributed by atoms with van der Waals surface area (Å²) in [4.78, 5) is 128. The minimum absolute atomic E-state index is 0.0554. The second kappa shape index (κ2) is 50.1. The first-order valence-electron chi connectivity index (χ1n) is 43.0. The number of rotatable bonds is 43. The summed E-state index contributed by atoms with van der Waals surface area (Å²) >= 11 is 0. The molecule has 684 valence electrons. The summed E-state index contributed by atoms with van der Waals surface area (Å²) in [7, 11) is -4.72. The Morgan fingerprint density at radius 1 is 0.460 bits per heavy atom. The molecule has 6 unspecified atom stereocenters. The molecule has 6 bridgehead atoms. The molecule has 124 heavy (non-hydrogen) atoms. The lowest BCUT2D eigenvalue weighted by Gasteiger charge is -2.38. The zero-order valence-electron chi connectivity index (χ0n) is 75.0. The molecule has 15 atom stereocenters. The Kier molecular flexibility index (Phi) is 41.8. The maximum Gasteiger partial charge on any atom is 0.330 e. The molecule has 3 aromatic heterocycles. The maximum absolute atomic E-state index is 13.1. The van der Waals surface area contributed by atoms with Crippen LogP contribution in [0.25, 0.3) is 14.5 Å². The van der Waals surface area contributed by atoms with Crippen LogP contribution < -0.4 is 49.7 Å². The van der Waals surface area contributed by atoms with Gasteiger partial charge in [-0.15, -0.1) is 0 Å². The van der Waals surface area contributed by atoms with Gasteiger partial charge >= 0.3 is 17.1 Å². The van der Waals surface area contributed by atoms with Gasteiger partial charge in [-0.2, -0.15) is 0 Å². The summed E-state index contributed by atoms with van der Waals surface area (Å²) < 4.78 is 86.3. The van der Waals surface area contributed by atoms with E-state index in [0.717, 1.165) is 19.3 Å². The largest absolute Gasteiger partial charge is 0.368 e. The number of carbonyl (C=O) groups excluding carboxylic acids is 3. The first-order chi connectivity index (χ1) is 59.2. The minimum Gasteiger partial charge on any atom is -0.368 e. The molecule has 0 spiro atoms. The summed E-state index contributed by atoms with van der Waals surface area (Å²) in [6, 6.07) is 0.682. The van der Waals surface area contributed by atoms with Crippen molar-refractivity contribution in [1.82, 2.24) is 58.6 Å². The number of H-pyrrole nitrogens is 3. The highest BCUT2D eigenvalue weighted by atomic mass is 31.2. The van der Waals surface area contributed by atoms with E-state index in [1.54, 1.807) is 0 Å². The van der Waals surface area contributed by atoms with Crippen LogP contribution in [0.2, 0.25) is 0 Å². The van der Waals surface area contributed by atoms with Gasteiger partial charge in [-0.1, -0.05) is 115 Å². The van der Waals surface area contributed by atoms with Crippen LogP contribution in [0.5, 0.6) is 0 Å². The molecule has 36 nitrogen and oxygen atoms in total. The van der Waals surface area contributed by atoms with Crippen LogP contribution in [0.1, 0.15) is 243 Å². The van der Waals surface area contributed by atoms with Gasteiger partial charge in [0.2, 0.25) is 37.4 Å². The lowest BCUT2D eigenvalue weighted by molar-refractivity contribution is -0.175. The standard InChI is InChI=1S/C35H56N5O7P.2C25H36N5O7P/c1-8-10-11-12-13-14-15-16-17-20-29(41)37-21-18-19-28-24-39(34(43)38-32(28)42)33-30-31(35(9-2,46-33)25-44-30)47-48(45-23-22-36-7)40(26(3)4)27(5)6;2*1-8-25-15-34-20(21(25)37-38(35-13-12-26-7)30(16(2)3)17(4)5)23(36-25)29-14-19(22(32)28-24(29)33)10-9-11-27-18(6)31/h24,26-27,30-31,33H,8-17,20-23,25H2,1-6H3,(H,37,41)(H,38,42,43);2*14,16-17,20-21,23H,8,11-13,15H2,1-6H3,(H,27,31)(H,28,32,33)/t30-,31?,33+,35-,48?;2*20-,21?,23+,25-,38?/m000/s1. The molecule has 6 saturated heterocycles. The highest BCUT2D eigenvalue weighted by molar-refractivity contribution is 7.45. The molecule has 6 N–H and O–H groups in total. The average molecular weight is 1790 g/mol. The van der Waals surface area contributed by atoms with Crippen molar-refractivity contribution in [3.8, 4) is 35.5 Å². The molecular formula is C85H128N15O21P3. The summed E-state index contributed by atoms with van der Waals surface area (Å²) in [6.07, 6.45) is 10.7. The van der Waals surface area contributed by atoms with Gasteiger partial charge in [0.05, 0.1) is 39.5 Å².